The zero-order chi connectivity index (χ0) is 17.9. The van der Waals surface area contributed by atoms with Crippen LogP contribution in [0.25, 0.3) is 0 Å². The molecule has 2 aromatic carbocycles. The summed E-state index contributed by atoms with van der Waals surface area (Å²) in [6, 6.07) is 17.5. The number of ether oxygens (including phenoxy) is 3. The van der Waals surface area contributed by atoms with E-state index in [9.17, 15) is 5.11 Å². The summed E-state index contributed by atoms with van der Waals surface area (Å²) in [6.07, 6.45) is -0.574. The number of aliphatic hydroxyl groups is 1. The van der Waals surface area contributed by atoms with Crippen LogP contribution in [-0.2, 0) is 11.3 Å². The number of methoxy groups -OCH3 is 2. The maximum atomic E-state index is 10.3. The monoisotopic (exact) mass is 345 g/mol. The number of rotatable bonds is 11. The van der Waals surface area contributed by atoms with Gasteiger partial charge in [-0.05, 0) is 29.8 Å². The van der Waals surface area contributed by atoms with E-state index in [4.69, 9.17) is 14.2 Å². The molecule has 0 aliphatic heterocycles. The standard InChI is InChI=1S/C20H27NO4/c1-23-13-12-21(14-17-8-10-19(24-2)11-9-17)15-18(22)16-25-20-6-4-3-5-7-20/h3-11,18,22H,12-16H2,1-2H3. The third-order valence-corrected chi connectivity index (χ3v) is 3.83. The molecule has 25 heavy (non-hydrogen) atoms. The maximum absolute atomic E-state index is 10.3. The molecular weight excluding hydrogens is 318 g/mol. The summed E-state index contributed by atoms with van der Waals surface area (Å²) in [5.41, 5.74) is 1.16. The van der Waals surface area contributed by atoms with Crippen molar-refractivity contribution in [1.29, 1.82) is 0 Å². The summed E-state index contributed by atoms with van der Waals surface area (Å²) >= 11 is 0. The van der Waals surface area contributed by atoms with Gasteiger partial charge in [0, 0.05) is 26.7 Å². The van der Waals surface area contributed by atoms with Gasteiger partial charge in [-0.3, -0.25) is 4.90 Å². The smallest absolute Gasteiger partial charge is 0.119 e. The van der Waals surface area contributed by atoms with E-state index < -0.39 is 6.10 Å². The predicted molar refractivity (Wildman–Crippen MR) is 98.1 cm³/mol. The summed E-state index contributed by atoms with van der Waals surface area (Å²) in [5.74, 6) is 1.60. The van der Waals surface area contributed by atoms with Crippen LogP contribution in [-0.4, -0.2) is 56.6 Å². The van der Waals surface area contributed by atoms with Gasteiger partial charge in [0.1, 0.15) is 24.2 Å². The lowest BCUT2D eigenvalue weighted by molar-refractivity contribution is 0.0542. The fraction of sp³-hybridized carbons (Fsp3) is 0.400. The SMILES string of the molecule is COCCN(Cc1ccc(OC)cc1)CC(O)COc1ccccc1. The normalized spacial score (nSPS) is 12.2. The van der Waals surface area contributed by atoms with Crippen molar-refractivity contribution in [2.75, 3.05) is 40.5 Å². The molecule has 1 atom stereocenters. The second-order valence-electron chi connectivity index (χ2n) is 5.85. The molecule has 2 aromatic rings. The highest BCUT2D eigenvalue weighted by atomic mass is 16.5. The largest absolute Gasteiger partial charge is 0.497 e. The Morgan fingerprint density at radius 1 is 0.960 bits per heavy atom. The first-order valence-electron chi connectivity index (χ1n) is 8.41. The quantitative estimate of drug-likeness (QED) is 0.678. The number of nitrogens with zero attached hydrogens (tertiary/aromatic N) is 1. The number of aliphatic hydroxyl groups excluding tert-OH is 1. The van der Waals surface area contributed by atoms with Crippen LogP contribution in [0, 0.1) is 0 Å². The van der Waals surface area contributed by atoms with Crippen LogP contribution in [0.5, 0.6) is 11.5 Å². The molecule has 1 N–H and O–H groups in total. The Morgan fingerprint density at radius 3 is 2.32 bits per heavy atom. The first-order chi connectivity index (χ1) is 12.2. The van der Waals surface area contributed by atoms with Gasteiger partial charge < -0.3 is 19.3 Å². The summed E-state index contributed by atoms with van der Waals surface area (Å²) in [4.78, 5) is 2.16. The molecule has 2 rings (SSSR count). The van der Waals surface area contributed by atoms with Crippen LogP contribution in [0.3, 0.4) is 0 Å². The molecule has 5 heteroatoms. The molecule has 0 fully saturated rings. The van der Waals surface area contributed by atoms with Gasteiger partial charge in [0.25, 0.3) is 0 Å². The highest BCUT2D eigenvalue weighted by molar-refractivity contribution is 5.27. The number of hydrogen-bond donors (Lipinski definition) is 1. The summed E-state index contributed by atoms with van der Waals surface area (Å²) in [5, 5.41) is 10.3. The average Bonchev–Trinajstić information content (AvgIpc) is 2.66. The molecule has 0 saturated heterocycles. The second-order valence-corrected chi connectivity index (χ2v) is 5.85. The predicted octanol–water partition coefficient (Wildman–Crippen LogP) is 2.58. The maximum Gasteiger partial charge on any atom is 0.119 e. The van der Waals surface area contributed by atoms with Crippen LogP contribution < -0.4 is 9.47 Å². The minimum atomic E-state index is -0.574. The average molecular weight is 345 g/mol. The third-order valence-electron chi connectivity index (χ3n) is 3.83. The second kappa shape index (κ2) is 10.7. The number of hydrogen-bond acceptors (Lipinski definition) is 5. The lowest BCUT2D eigenvalue weighted by Gasteiger charge is -2.25. The van der Waals surface area contributed by atoms with E-state index in [0.717, 1.165) is 30.2 Å². The molecular formula is C20H27NO4. The molecule has 0 amide bonds. The summed E-state index contributed by atoms with van der Waals surface area (Å²) in [7, 11) is 3.34. The van der Waals surface area contributed by atoms with Crippen LogP contribution in [0.15, 0.2) is 54.6 Å². The van der Waals surface area contributed by atoms with Gasteiger partial charge in [-0.2, -0.15) is 0 Å². The summed E-state index contributed by atoms with van der Waals surface area (Å²) < 4.78 is 16.0. The Bertz CT molecular complexity index is 588. The minimum absolute atomic E-state index is 0.260. The lowest BCUT2D eigenvalue weighted by Crippen LogP contribution is -2.37. The van der Waals surface area contributed by atoms with Gasteiger partial charge >= 0.3 is 0 Å². The third kappa shape index (κ3) is 7.13. The van der Waals surface area contributed by atoms with Gasteiger partial charge in [-0.25, -0.2) is 0 Å². The van der Waals surface area contributed by atoms with E-state index in [1.165, 1.54) is 0 Å². The van der Waals surface area contributed by atoms with Gasteiger partial charge in [-0.1, -0.05) is 30.3 Å². The van der Waals surface area contributed by atoms with Crippen LogP contribution in [0.1, 0.15) is 5.56 Å². The molecule has 1 unspecified atom stereocenters. The van der Waals surface area contributed by atoms with Crippen molar-refractivity contribution in [1.82, 2.24) is 4.90 Å². The van der Waals surface area contributed by atoms with Crippen molar-refractivity contribution in [3.05, 3.63) is 60.2 Å². The van der Waals surface area contributed by atoms with E-state index >= 15 is 0 Å². The molecule has 5 nitrogen and oxygen atoms in total. The molecule has 0 aliphatic carbocycles. The fourth-order valence-corrected chi connectivity index (χ4v) is 2.50. The Kier molecular flexibility index (Phi) is 8.25. The van der Waals surface area contributed by atoms with E-state index in [2.05, 4.69) is 4.90 Å². The Morgan fingerprint density at radius 2 is 1.68 bits per heavy atom. The van der Waals surface area contributed by atoms with Crippen molar-refractivity contribution >= 4 is 0 Å². The molecule has 0 aromatic heterocycles. The molecule has 0 saturated carbocycles. The van der Waals surface area contributed by atoms with Crippen LogP contribution in [0.2, 0.25) is 0 Å². The Labute approximate surface area is 149 Å². The van der Waals surface area contributed by atoms with Crippen molar-refractivity contribution < 1.29 is 19.3 Å². The first kappa shape index (κ1) is 19.2. The topological polar surface area (TPSA) is 51.2 Å². The zero-order valence-electron chi connectivity index (χ0n) is 14.9. The number of benzene rings is 2. The van der Waals surface area contributed by atoms with Crippen molar-refractivity contribution in [2.45, 2.75) is 12.6 Å². The van der Waals surface area contributed by atoms with E-state index in [1.54, 1.807) is 14.2 Å². The van der Waals surface area contributed by atoms with Gasteiger partial charge in [0.2, 0.25) is 0 Å². The number of para-hydroxylation sites is 1. The Hall–Kier alpha value is -2.08. The molecule has 0 heterocycles. The highest BCUT2D eigenvalue weighted by Crippen LogP contribution is 2.14. The van der Waals surface area contributed by atoms with E-state index in [0.29, 0.717) is 13.2 Å². The Balaban J connectivity index is 1.86. The van der Waals surface area contributed by atoms with Crippen molar-refractivity contribution in [3.63, 3.8) is 0 Å². The van der Waals surface area contributed by atoms with Crippen molar-refractivity contribution in [2.24, 2.45) is 0 Å². The summed E-state index contributed by atoms with van der Waals surface area (Å²) in [6.45, 7) is 2.86. The molecule has 0 bridgehead atoms. The lowest BCUT2D eigenvalue weighted by atomic mass is 10.2. The van der Waals surface area contributed by atoms with Gasteiger partial charge in [0.05, 0.1) is 13.7 Å². The minimum Gasteiger partial charge on any atom is -0.497 e. The highest BCUT2D eigenvalue weighted by Gasteiger charge is 2.13. The van der Waals surface area contributed by atoms with E-state index in [1.807, 2.05) is 54.6 Å². The van der Waals surface area contributed by atoms with Crippen LogP contribution >= 0.6 is 0 Å². The molecule has 0 spiro atoms. The van der Waals surface area contributed by atoms with Crippen molar-refractivity contribution in [3.8, 4) is 11.5 Å². The molecule has 0 radical (unpaired) electrons. The fourth-order valence-electron chi connectivity index (χ4n) is 2.50. The van der Waals surface area contributed by atoms with Gasteiger partial charge in [0.15, 0.2) is 0 Å². The van der Waals surface area contributed by atoms with Crippen LogP contribution in [0.4, 0.5) is 0 Å². The first-order valence-corrected chi connectivity index (χ1v) is 8.41. The molecule has 0 aliphatic rings. The van der Waals surface area contributed by atoms with E-state index in [-0.39, 0.29) is 6.61 Å². The zero-order valence-corrected chi connectivity index (χ0v) is 14.9. The van der Waals surface area contributed by atoms with Gasteiger partial charge in [-0.15, -0.1) is 0 Å². The molecule has 136 valence electrons.